The highest BCUT2D eigenvalue weighted by molar-refractivity contribution is 5.92. The molecule has 3 aromatic rings. The van der Waals surface area contributed by atoms with Gasteiger partial charge in [-0.15, -0.1) is 0 Å². The van der Waals surface area contributed by atoms with E-state index >= 15 is 0 Å². The van der Waals surface area contributed by atoms with E-state index < -0.39 is 41.6 Å². The molecular formula is C29H30F6N2O3. The molecule has 40 heavy (non-hydrogen) atoms. The normalized spacial score (nSPS) is 14.7. The largest absolute Gasteiger partial charge is 0.416 e. The van der Waals surface area contributed by atoms with Crippen molar-refractivity contribution in [3.05, 3.63) is 106 Å². The predicted molar refractivity (Wildman–Crippen MR) is 137 cm³/mol. The zero-order valence-corrected chi connectivity index (χ0v) is 21.6. The molecule has 3 rings (SSSR count). The van der Waals surface area contributed by atoms with Gasteiger partial charge in [0, 0.05) is 24.7 Å². The zero-order valence-electron chi connectivity index (χ0n) is 21.6. The Morgan fingerprint density at radius 1 is 0.800 bits per heavy atom. The lowest BCUT2D eigenvalue weighted by atomic mass is 10.00. The molecule has 0 aliphatic carbocycles. The Balaban J connectivity index is 1.81. The zero-order chi connectivity index (χ0) is 29.7. The molecule has 0 aliphatic heterocycles. The number of carbonyl (C=O) groups is 1. The van der Waals surface area contributed by atoms with Crippen LogP contribution in [0.15, 0.2) is 72.8 Å². The molecule has 3 aromatic carbocycles. The molecule has 0 bridgehead atoms. The van der Waals surface area contributed by atoms with Crippen LogP contribution in [0.5, 0.6) is 0 Å². The number of aliphatic hydroxyl groups excluding tert-OH is 2. The fourth-order valence-corrected chi connectivity index (χ4v) is 4.33. The summed E-state index contributed by atoms with van der Waals surface area (Å²) in [6, 6.07) is 14.8. The number of carbonyl (C=O) groups excluding carboxylic acids is 1. The average molecular weight is 569 g/mol. The molecule has 2 unspecified atom stereocenters. The maximum Gasteiger partial charge on any atom is 0.416 e. The van der Waals surface area contributed by atoms with Gasteiger partial charge in [-0.2, -0.15) is 26.3 Å². The maximum absolute atomic E-state index is 13.2. The SMILES string of the molecule is C[C@H](CCc1ccc(C(N)=O)cc1)N(CC(O)c1cccc(C(F)(F)F)c1)CC(O)c1cccc(C(F)(F)F)c1. The van der Waals surface area contributed by atoms with Gasteiger partial charge in [0.2, 0.25) is 5.91 Å². The first kappa shape index (κ1) is 31.1. The Morgan fingerprint density at radius 2 is 1.25 bits per heavy atom. The van der Waals surface area contributed by atoms with E-state index in [9.17, 15) is 41.4 Å². The Morgan fingerprint density at radius 3 is 1.65 bits per heavy atom. The Labute approximate surface area is 227 Å². The minimum absolute atomic E-state index is 0.0163. The highest BCUT2D eigenvalue weighted by atomic mass is 19.4. The van der Waals surface area contributed by atoms with E-state index in [1.807, 2.05) is 0 Å². The maximum atomic E-state index is 13.2. The molecule has 0 aliphatic rings. The van der Waals surface area contributed by atoms with Crippen LogP contribution in [0.4, 0.5) is 26.3 Å². The Kier molecular flexibility index (Phi) is 9.99. The fraction of sp³-hybridized carbons (Fsp3) is 0.345. The van der Waals surface area contributed by atoms with E-state index in [0.717, 1.165) is 29.8 Å². The summed E-state index contributed by atoms with van der Waals surface area (Å²) in [4.78, 5) is 12.9. The second-order valence-electron chi connectivity index (χ2n) is 9.68. The Bertz CT molecular complexity index is 1210. The smallest absolute Gasteiger partial charge is 0.387 e. The third kappa shape index (κ3) is 8.54. The van der Waals surface area contributed by atoms with Crippen molar-refractivity contribution in [3.8, 4) is 0 Å². The summed E-state index contributed by atoms with van der Waals surface area (Å²) >= 11 is 0. The van der Waals surface area contributed by atoms with E-state index in [1.165, 1.54) is 24.3 Å². The van der Waals surface area contributed by atoms with Crippen LogP contribution < -0.4 is 5.73 Å². The van der Waals surface area contributed by atoms with Gasteiger partial charge in [0.1, 0.15) is 0 Å². The molecule has 0 aromatic heterocycles. The summed E-state index contributed by atoms with van der Waals surface area (Å²) in [5.41, 5.74) is 4.66. The van der Waals surface area contributed by atoms with Crippen molar-refractivity contribution in [1.29, 1.82) is 0 Å². The molecule has 11 heteroatoms. The van der Waals surface area contributed by atoms with Crippen LogP contribution >= 0.6 is 0 Å². The van der Waals surface area contributed by atoms with E-state index in [2.05, 4.69) is 0 Å². The summed E-state index contributed by atoms with van der Waals surface area (Å²) in [6.07, 6.45) is -11.0. The molecule has 0 heterocycles. The van der Waals surface area contributed by atoms with Crippen molar-refractivity contribution in [2.45, 2.75) is 50.4 Å². The van der Waals surface area contributed by atoms with Crippen LogP contribution in [0.3, 0.4) is 0 Å². The summed E-state index contributed by atoms with van der Waals surface area (Å²) < 4.78 is 79.2. The van der Waals surface area contributed by atoms with Crippen molar-refractivity contribution in [1.82, 2.24) is 4.90 Å². The number of benzene rings is 3. The minimum Gasteiger partial charge on any atom is -0.387 e. The van der Waals surface area contributed by atoms with Gasteiger partial charge in [0.05, 0.1) is 23.3 Å². The van der Waals surface area contributed by atoms with E-state index in [0.29, 0.717) is 18.4 Å². The van der Waals surface area contributed by atoms with Gasteiger partial charge in [-0.05, 0) is 72.9 Å². The van der Waals surface area contributed by atoms with Gasteiger partial charge in [-0.1, -0.05) is 36.4 Å². The predicted octanol–water partition coefficient (Wildman–Crippen LogP) is 5.91. The topological polar surface area (TPSA) is 86.8 Å². The molecule has 0 saturated carbocycles. The van der Waals surface area contributed by atoms with Crippen LogP contribution in [0.25, 0.3) is 0 Å². The number of nitrogens with zero attached hydrogens (tertiary/aromatic N) is 1. The van der Waals surface area contributed by atoms with Crippen molar-refractivity contribution in [3.63, 3.8) is 0 Å². The van der Waals surface area contributed by atoms with Gasteiger partial charge in [-0.25, -0.2) is 0 Å². The number of aliphatic hydroxyl groups is 2. The molecular weight excluding hydrogens is 538 g/mol. The highest BCUT2D eigenvalue weighted by Crippen LogP contribution is 2.33. The fourth-order valence-electron chi connectivity index (χ4n) is 4.33. The molecule has 0 fully saturated rings. The second kappa shape index (κ2) is 12.8. The molecule has 0 spiro atoms. The van der Waals surface area contributed by atoms with Crippen molar-refractivity contribution < 1.29 is 41.4 Å². The Hall–Kier alpha value is -3.41. The van der Waals surface area contributed by atoms with Crippen molar-refractivity contribution in [2.75, 3.05) is 13.1 Å². The molecule has 216 valence electrons. The highest BCUT2D eigenvalue weighted by Gasteiger charge is 2.32. The lowest BCUT2D eigenvalue weighted by molar-refractivity contribution is -0.138. The van der Waals surface area contributed by atoms with Gasteiger partial charge < -0.3 is 15.9 Å². The standard InChI is InChI=1S/C29H30F6N2O3/c1-18(8-9-19-10-12-20(13-11-19)27(36)40)37(16-25(38)21-4-2-6-23(14-21)28(30,31)32)17-26(39)22-5-3-7-24(15-22)29(33,34)35/h2-7,10-15,18,25-26,38-39H,8-9,16-17H2,1H3,(H2,36,40)/t18-,25?,26?/m1/s1. The van der Waals surface area contributed by atoms with E-state index in [4.69, 9.17) is 5.73 Å². The first-order chi connectivity index (χ1) is 18.6. The van der Waals surface area contributed by atoms with Crippen LogP contribution in [-0.2, 0) is 18.8 Å². The number of rotatable bonds is 11. The summed E-state index contributed by atoms with van der Waals surface area (Å²) in [7, 11) is 0. The van der Waals surface area contributed by atoms with E-state index in [1.54, 1.807) is 36.1 Å². The van der Waals surface area contributed by atoms with Crippen molar-refractivity contribution in [2.24, 2.45) is 5.73 Å². The summed E-state index contributed by atoms with van der Waals surface area (Å²) in [5.74, 6) is -0.571. The molecule has 0 saturated heterocycles. The molecule has 5 nitrogen and oxygen atoms in total. The minimum atomic E-state index is -4.60. The molecule has 4 N–H and O–H groups in total. The number of halogens is 6. The third-order valence-corrected chi connectivity index (χ3v) is 6.72. The molecule has 3 atom stereocenters. The average Bonchev–Trinajstić information content (AvgIpc) is 2.90. The number of hydrogen-bond acceptors (Lipinski definition) is 4. The van der Waals surface area contributed by atoms with Crippen LogP contribution in [-0.4, -0.2) is 40.2 Å². The first-order valence-corrected chi connectivity index (χ1v) is 12.5. The van der Waals surface area contributed by atoms with Crippen molar-refractivity contribution >= 4 is 5.91 Å². The van der Waals surface area contributed by atoms with Gasteiger partial charge >= 0.3 is 12.4 Å². The molecule has 1 amide bonds. The number of aryl methyl sites for hydroxylation is 1. The van der Waals surface area contributed by atoms with E-state index in [-0.39, 0.29) is 30.3 Å². The summed E-state index contributed by atoms with van der Waals surface area (Å²) in [5, 5.41) is 21.7. The van der Waals surface area contributed by atoms with Gasteiger partial charge in [0.15, 0.2) is 0 Å². The third-order valence-electron chi connectivity index (χ3n) is 6.72. The van der Waals surface area contributed by atoms with Gasteiger partial charge in [0.25, 0.3) is 0 Å². The second-order valence-corrected chi connectivity index (χ2v) is 9.68. The quantitative estimate of drug-likeness (QED) is 0.251. The lowest BCUT2D eigenvalue weighted by Gasteiger charge is -2.33. The first-order valence-electron chi connectivity index (χ1n) is 12.5. The van der Waals surface area contributed by atoms with Gasteiger partial charge in [-0.3, -0.25) is 9.69 Å². The summed E-state index contributed by atoms with van der Waals surface area (Å²) in [6.45, 7) is 1.42. The monoisotopic (exact) mass is 568 g/mol. The number of hydrogen-bond donors (Lipinski definition) is 3. The molecule has 0 radical (unpaired) electrons. The van der Waals surface area contributed by atoms with Crippen LogP contribution in [0.1, 0.15) is 63.7 Å². The number of nitrogens with two attached hydrogens (primary N) is 1. The number of primary amides is 1. The van der Waals surface area contributed by atoms with Crippen LogP contribution in [0, 0.1) is 0 Å². The number of alkyl halides is 6. The van der Waals surface area contributed by atoms with Crippen LogP contribution in [0.2, 0.25) is 0 Å². The lowest BCUT2D eigenvalue weighted by Crippen LogP contribution is -2.39. The number of amides is 1.